The Labute approximate surface area is 160 Å². The minimum Gasteiger partial charge on any atom is -0.497 e. The van der Waals surface area contributed by atoms with Crippen molar-refractivity contribution in [1.29, 1.82) is 0 Å². The number of hydrogen-bond acceptors (Lipinski definition) is 3. The SMILES string of the molecule is COc1cccc(CC(=O)N2CCN(C(C)c3ccccc3Cl)CC2)c1. The Morgan fingerprint density at radius 3 is 2.54 bits per heavy atom. The second kappa shape index (κ2) is 8.56. The first-order valence-electron chi connectivity index (χ1n) is 8.97. The van der Waals surface area contributed by atoms with Crippen LogP contribution in [0, 0.1) is 0 Å². The molecule has 0 N–H and O–H groups in total. The largest absolute Gasteiger partial charge is 0.497 e. The third-order valence-corrected chi connectivity index (χ3v) is 5.40. The molecule has 1 fully saturated rings. The first kappa shape index (κ1) is 18.7. The van der Waals surface area contributed by atoms with E-state index in [-0.39, 0.29) is 11.9 Å². The molecule has 2 aromatic rings. The monoisotopic (exact) mass is 372 g/mol. The van der Waals surface area contributed by atoms with Gasteiger partial charge in [-0.25, -0.2) is 0 Å². The van der Waals surface area contributed by atoms with E-state index in [1.807, 2.05) is 47.4 Å². The van der Waals surface area contributed by atoms with Crippen molar-refractivity contribution in [3.05, 3.63) is 64.7 Å². The van der Waals surface area contributed by atoms with E-state index in [4.69, 9.17) is 16.3 Å². The van der Waals surface area contributed by atoms with Gasteiger partial charge in [0.25, 0.3) is 0 Å². The summed E-state index contributed by atoms with van der Waals surface area (Å²) in [5.74, 6) is 0.956. The van der Waals surface area contributed by atoms with Crippen molar-refractivity contribution in [3.63, 3.8) is 0 Å². The van der Waals surface area contributed by atoms with Gasteiger partial charge >= 0.3 is 0 Å². The van der Waals surface area contributed by atoms with Crippen LogP contribution in [0.1, 0.15) is 24.1 Å². The number of halogens is 1. The molecule has 2 aromatic carbocycles. The van der Waals surface area contributed by atoms with Gasteiger partial charge in [0, 0.05) is 37.2 Å². The smallest absolute Gasteiger partial charge is 0.227 e. The minimum absolute atomic E-state index is 0.170. The molecule has 26 heavy (non-hydrogen) atoms. The molecule has 1 heterocycles. The molecule has 138 valence electrons. The van der Waals surface area contributed by atoms with E-state index in [1.165, 1.54) is 0 Å². The van der Waals surface area contributed by atoms with Gasteiger partial charge in [-0.2, -0.15) is 0 Å². The highest BCUT2D eigenvalue weighted by Crippen LogP contribution is 2.27. The summed E-state index contributed by atoms with van der Waals surface area (Å²) in [6.45, 7) is 5.39. The molecule has 0 spiro atoms. The van der Waals surface area contributed by atoms with E-state index in [1.54, 1.807) is 7.11 Å². The maximum atomic E-state index is 12.6. The maximum Gasteiger partial charge on any atom is 0.227 e. The van der Waals surface area contributed by atoms with E-state index in [0.717, 1.165) is 48.1 Å². The number of benzene rings is 2. The molecular formula is C21H25ClN2O2. The molecule has 0 aliphatic carbocycles. The highest BCUT2D eigenvalue weighted by Gasteiger charge is 2.25. The van der Waals surface area contributed by atoms with Crippen LogP contribution < -0.4 is 4.74 Å². The van der Waals surface area contributed by atoms with Crippen LogP contribution in [-0.4, -0.2) is 49.0 Å². The highest BCUT2D eigenvalue weighted by atomic mass is 35.5. The van der Waals surface area contributed by atoms with E-state index < -0.39 is 0 Å². The standard InChI is InChI=1S/C21H25ClN2O2/c1-16(19-8-3-4-9-20(19)22)23-10-12-24(13-11-23)21(25)15-17-6-5-7-18(14-17)26-2/h3-9,14,16H,10-13,15H2,1-2H3. The number of ether oxygens (including phenoxy) is 1. The van der Waals surface area contributed by atoms with Crippen LogP contribution in [0.5, 0.6) is 5.75 Å². The zero-order valence-corrected chi connectivity index (χ0v) is 16.1. The zero-order chi connectivity index (χ0) is 18.5. The zero-order valence-electron chi connectivity index (χ0n) is 15.3. The lowest BCUT2D eigenvalue weighted by Crippen LogP contribution is -2.49. The highest BCUT2D eigenvalue weighted by molar-refractivity contribution is 6.31. The fourth-order valence-corrected chi connectivity index (χ4v) is 3.73. The van der Waals surface area contributed by atoms with Crippen LogP contribution in [0.15, 0.2) is 48.5 Å². The molecule has 0 aromatic heterocycles. The number of carbonyl (C=O) groups is 1. The predicted molar refractivity (Wildman–Crippen MR) is 105 cm³/mol. The molecule has 4 nitrogen and oxygen atoms in total. The van der Waals surface area contributed by atoms with Gasteiger partial charge < -0.3 is 9.64 Å². The lowest BCUT2D eigenvalue weighted by Gasteiger charge is -2.38. The summed E-state index contributed by atoms with van der Waals surface area (Å²) in [6.07, 6.45) is 0.414. The normalized spacial score (nSPS) is 16.3. The van der Waals surface area contributed by atoms with Gasteiger partial charge in [0.15, 0.2) is 0 Å². The van der Waals surface area contributed by atoms with Crippen LogP contribution in [0.4, 0.5) is 0 Å². The predicted octanol–water partition coefficient (Wildman–Crippen LogP) is 3.80. The molecule has 1 saturated heterocycles. The van der Waals surface area contributed by atoms with Crippen LogP contribution in [0.25, 0.3) is 0 Å². The summed E-state index contributed by atoms with van der Waals surface area (Å²) < 4.78 is 5.23. The van der Waals surface area contributed by atoms with Crippen molar-refractivity contribution >= 4 is 17.5 Å². The summed E-state index contributed by atoms with van der Waals surface area (Å²) >= 11 is 6.33. The van der Waals surface area contributed by atoms with E-state index in [2.05, 4.69) is 17.9 Å². The molecule has 1 atom stereocenters. The number of carbonyl (C=O) groups excluding carboxylic acids is 1. The fourth-order valence-electron chi connectivity index (χ4n) is 3.44. The van der Waals surface area contributed by atoms with Gasteiger partial charge in [0.05, 0.1) is 13.5 Å². The van der Waals surface area contributed by atoms with Crippen molar-refractivity contribution in [2.75, 3.05) is 33.3 Å². The van der Waals surface area contributed by atoms with E-state index >= 15 is 0 Å². The molecule has 0 saturated carbocycles. The quantitative estimate of drug-likeness (QED) is 0.800. The number of nitrogens with zero attached hydrogens (tertiary/aromatic N) is 2. The molecule has 1 unspecified atom stereocenters. The minimum atomic E-state index is 0.170. The van der Waals surface area contributed by atoms with Gasteiger partial charge in [0.1, 0.15) is 5.75 Å². The van der Waals surface area contributed by atoms with Gasteiger partial charge in [-0.3, -0.25) is 9.69 Å². The molecule has 0 bridgehead atoms. The lowest BCUT2D eigenvalue weighted by atomic mass is 10.1. The van der Waals surface area contributed by atoms with Crippen molar-refractivity contribution in [2.24, 2.45) is 0 Å². The molecule has 1 aliphatic rings. The Hall–Kier alpha value is -2.04. The van der Waals surface area contributed by atoms with E-state index in [0.29, 0.717) is 6.42 Å². The average molecular weight is 373 g/mol. The summed E-state index contributed by atoms with van der Waals surface area (Å²) in [5, 5.41) is 0.802. The van der Waals surface area contributed by atoms with Crippen LogP contribution in [0.2, 0.25) is 5.02 Å². The Kier molecular flexibility index (Phi) is 6.17. The topological polar surface area (TPSA) is 32.8 Å². The van der Waals surface area contributed by atoms with Crippen molar-refractivity contribution in [1.82, 2.24) is 9.80 Å². The first-order chi connectivity index (χ1) is 12.6. The number of hydrogen-bond donors (Lipinski definition) is 0. The Bertz CT molecular complexity index is 757. The van der Waals surface area contributed by atoms with Crippen LogP contribution in [0.3, 0.4) is 0 Å². The third-order valence-electron chi connectivity index (χ3n) is 5.06. The molecule has 5 heteroatoms. The van der Waals surface area contributed by atoms with Gasteiger partial charge in [0.2, 0.25) is 5.91 Å². The van der Waals surface area contributed by atoms with Crippen molar-refractivity contribution < 1.29 is 9.53 Å². The first-order valence-corrected chi connectivity index (χ1v) is 9.35. The third kappa shape index (κ3) is 4.37. The fraction of sp³-hybridized carbons (Fsp3) is 0.381. The van der Waals surface area contributed by atoms with Gasteiger partial charge in [-0.05, 0) is 36.2 Å². The molecule has 1 aliphatic heterocycles. The summed E-state index contributed by atoms with van der Waals surface area (Å²) in [7, 11) is 1.64. The van der Waals surface area contributed by atoms with E-state index in [9.17, 15) is 4.79 Å². The van der Waals surface area contributed by atoms with Crippen molar-refractivity contribution in [3.8, 4) is 5.75 Å². The van der Waals surface area contributed by atoms with Crippen LogP contribution >= 0.6 is 11.6 Å². The summed E-state index contributed by atoms with van der Waals surface area (Å²) in [6, 6.07) is 15.9. The van der Waals surface area contributed by atoms with Gasteiger partial charge in [-0.1, -0.05) is 41.9 Å². The second-order valence-electron chi connectivity index (χ2n) is 6.64. The number of rotatable bonds is 5. The molecular weight excluding hydrogens is 348 g/mol. The van der Waals surface area contributed by atoms with Crippen LogP contribution in [-0.2, 0) is 11.2 Å². The molecule has 1 amide bonds. The molecule has 3 rings (SSSR count). The Morgan fingerprint density at radius 1 is 1.12 bits per heavy atom. The average Bonchev–Trinajstić information content (AvgIpc) is 2.68. The summed E-state index contributed by atoms with van der Waals surface area (Å²) in [5.41, 5.74) is 2.13. The number of amides is 1. The maximum absolute atomic E-state index is 12.6. The molecule has 0 radical (unpaired) electrons. The number of methoxy groups -OCH3 is 1. The lowest BCUT2D eigenvalue weighted by molar-refractivity contribution is -0.132. The summed E-state index contributed by atoms with van der Waals surface area (Å²) in [4.78, 5) is 17.0. The Balaban J connectivity index is 1.56. The van der Waals surface area contributed by atoms with Crippen molar-refractivity contribution in [2.45, 2.75) is 19.4 Å². The second-order valence-corrected chi connectivity index (χ2v) is 7.05. The van der Waals surface area contributed by atoms with Gasteiger partial charge in [-0.15, -0.1) is 0 Å². The number of piperazine rings is 1. The Morgan fingerprint density at radius 2 is 1.85 bits per heavy atom.